The summed E-state index contributed by atoms with van der Waals surface area (Å²) in [5.41, 5.74) is 0.953. The number of aryl methyl sites for hydroxylation is 1. The summed E-state index contributed by atoms with van der Waals surface area (Å²) in [6.07, 6.45) is 0.592. The molecule has 0 saturated carbocycles. The molecule has 1 aromatic rings. The lowest BCUT2D eigenvalue weighted by Gasteiger charge is -2.30. The normalized spacial score (nSPS) is 11.0. The van der Waals surface area contributed by atoms with E-state index >= 15 is 0 Å². The predicted octanol–water partition coefficient (Wildman–Crippen LogP) is 2.39. The van der Waals surface area contributed by atoms with Gasteiger partial charge in [0.05, 0.1) is 0 Å². The molecule has 0 aromatic heterocycles. The van der Waals surface area contributed by atoms with Gasteiger partial charge >= 0.3 is 0 Å². The highest BCUT2D eigenvalue weighted by Crippen LogP contribution is 2.17. The van der Waals surface area contributed by atoms with Crippen LogP contribution in [0.3, 0.4) is 0 Å². The molecule has 2 amide bonds. The van der Waals surface area contributed by atoms with Crippen molar-refractivity contribution < 1.29 is 9.59 Å². The number of carbonyl (C=O) groups is 2. The van der Waals surface area contributed by atoms with Crippen LogP contribution in [-0.2, 0) is 4.79 Å². The van der Waals surface area contributed by atoms with E-state index in [1.54, 1.807) is 12.1 Å². The Morgan fingerprint density at radius 1 is 1.25 bits per heavy atom. The van der Waals surface area contributed by atoms with Gasteiger partial charge in [-0.1, -0.05) is 18.2 Å². The highest BCUT2D eigenvalue weighted by Gasteiger charge is 2.27. The Balaban J connectivity index is 3.11. The first-order valence-corrected chi connectivity index (χ1v) is 5.22. The number of hydrogen-bond acceptors (Lipinski definition) is 2. The Bertz CT molecular complexity index is 405. The van der Waals surface area contributed by atoms with Crippen molar-refractivity contribution in [3.8, 4) is 0 Å². The van der Waals surface area contributed by atoms with Crippen LogP contribution in [0.1, 0.15) is 36.7 Å². The van der Waals surface area contributed by atoms with Gasteiger partial charge in [0.1, 0.15) is 0 Å². The highest BCUT2D eigenvalue weighted by atomic mass is 16.2. The van der Waals surface area contributed by atoms with Gasteiger partial charge in [-0.15, -0.1) is 0 Å². The summed E-state index contributed by atoms with van der Waals surface area (Å²) in [6, 6.07) is 7.26. The summed E-state index contributed by atoms with van der Waals surface area (Å²) in [5, 5.41) is 0. The van der Waals surface area contributed by atoms with Gasteiger partial charge in [0, 0.05) is 11.1 Å². The van der Waals surface area contributed by atoms with Gasteiger partial charge in [-0.2, -0.15) is 0 Å². The number of hydrogen-bond donors (Lipinski definition) is 0. The van der Waals surface area contributed by atoms with Crippen LogP contribution in [0.2, 0.25) is 0 Å². The summed E-state index contributed by atoms with van der Waals surface area (Å²) in [5.74, 6) is -0.249. The monoisotopic (exact) mass is 219 g/mol. The minimum Gasteiger partial charge on any atom is -0.278 e. The predicted molar refractivity (Wildman–Crippen MR) is 63.2 cm³/mol. The van der Waals surface area contributed by atoms with Crippen molar-refractivity contribution in [2.45, 2.75) is 33.2 Å². The van der Waals surface area contributed by atoms with Crippen molar-refractivity contribution in [1.29, 1.82) is 0 Å². The molecule has 1 aromatic carbocycles. The summed E-state index contributed by atoms with van der Waals surface area (Å²) in [4.78, 5) is 24.3. The van der Waals surface area contributed by atoms with Gasteiger partial charge in [-0.05, 0) is 39.3 Å². The lowest BCUT2D eigenvalue weighted by Crippen LogP contribution is -2.44. The SMILES string of the molecule is Cc1ccccc1C(=O)N(C=O)C(C)(C)C. The third kappa shape index (κ3) is 2.48. The molecule has 0 saturated heterocycles. The minimum atomic E-state index is -0.499. The molecule has 0 aliphatic carbocycles. The van der Waals surface area contributed by atoms with E-state index in [2.05, 4.69) is 0 Å². The van der Waals surface area contributed by atoms with Crippen LogP contribution < -0.4 is 0 Å². The largest absolute Gasteiger partial charge is 0.278 e. The fraction of sp³-hybridized carbons (Fsp3) is 0.385. The Morgan fingerprint density at radius 2 is 1.81 bits per heavy atom. The van der Waals surface area contributed by atoms with Crippen molar-refractivity contribution in [3.05, 3.63) is 35.4 Å². The van der Waals surface area contributed by atoms with Crippen molar-refractivity contribution in [3.63, 3.8) is 0 Å². The maximum absolute atomic E-state index is 12.1. The van der Waals surface area contributed by atoms with Gasteiger partial charge in [0.2, 0.25) is 6.41 Å². The lowest BCUT2D eigenvalue weighted by atomic mass is 10.0. The maximum Gasteiger partial charge on any atom is 0.261 e. The molecule has 3 heteroatoms. The highest BCUT2D eigenvalue weighted by molar-refractivity contribution is 6.01. The number of benzene rings is 1. The van der Waals surface area contributed by atoms with Crippen LogP contribution in [0.4, 0.5) is 0 Å². The molecule has 86 valence electrons. The Kier molecular flexibility index (Phi) is 3.48. The van der Waals surface area contributed by atoms with Crippen LogP contribution in [0, 0.1) is 6.92 Å². The standard InChI is InChI=1S/C13H17NO2/c1-10-7-5-6-8-11(10)12(16)14(9-15)13(2,3)4/h5-9H,1-4H3. The van der Waals surface area contributed by atoms with Gasteiger partial charge in [-0.3, -0.25) is 14.5 Å². The second kappa shape index (κ2) is 4.47. The molecule has 0 aliphatic heterocycles. The van der Waals surface area contributed by atoms with Crippen LogP contribution in [-0.4, -0.2) is 22.8 Å². The van der Waals surface area contributed by atoms with E-state index in [0.717, 1.165) is 5.56 Å². The van der Waals surface area contributed by atoms with E-state index in [1.165, 1.54) is 4.90 Å². The number of carbonyl (C=O) groups excluding carboxylic acids is 2. The molecule has 0 spiro atoms. The van der Waals surface area contributed by atoms with E-state index in [-0.39, 0.29) is 5.91 Å². The van der Waals surface area contributed by atoms with E-state index in [1.807, 2.05) is 39.8 Å². The maximum atomic E-state index is 12.1. The Hall–Kier alpha value is -1.64. The fourth-order valence-electron chi connectivity index (χ4n) is 1.45. The molecule has 0 fully saturated rings. The third-order valence-electron chi connectivity index (χ3n) is 2.42. The van der Waals surface area contributed by atoms with Crippen molar-refractivity contribution >= 4 is 12.3 Å². The van der Waals surface area contributed by atoms with Crippen LogP contribution in [0.15, 0.2) is 24.3 Å². The number of rotatable bonds is 2. The van der Waals surface area contributed by atoms with Crippen LogP contribution in [0.5, 0.6) is 0 Å². The molecule has 0 bridgehead atoms. The summed E-state index contributed by atoms with van der Waals surface area (Å²) in [6.45, 7) is 7.35. The first kappa shape index (κ1) is 12.4. The first-order valence-electron chi connectivity index (χ1n) is 5.22. The zero-order valence-electron chi connectivity index (χ0n) is 10.2. The van der Waals surface area contributed by atoms with E-state index in [9.17, 15) is 9.59 Å². The average Bonchev–Trinajstić information content (AvgIpc) is 2.17. The molecule has 0 heterocycles. The average molecular weight is 219 g/mol. The summed E-state index contributed by atoms with van der Waals surface area (Å²) in [7, 11) is 0. The number of amides is 2. The quantitative estimate of drug-likeness (QED) is 0.716. The second-order valence-corrected chi connectivity index (χ2v) is 4.77. The number of nitrogens with zero attached hydrogens (tertiary/aromatic N) is 1. The first-order chi connectivity index (χ1) is 7.38. The smallest absolute Gasteiger partial charge is 0.261 e. The van der Waals surface area contributed by atoms with Crippen LogP contribution >= 0.6 is 0 Å². The second-order valence-electron chi connectivity index (χ2n) is 4.77. The Morgan fingerprint density at radius 3 is 2.25 bits per heavy atom. The summed E-state index contributed by atoms with van der Waals surface area (Å²) < 4.78 is 0. The molecule has 1 rings (SSSR count). The fourth-order valence-corrected chi connectivity index (χ4v) is 1.45. The van der Waals surface area contributed by atoms with E-state index < -0.39 is 5.54 Å². The van der Waals surface area contributed by atoms with Crippen molar-refractivity contribution in [2.75, 3.05) is 0 Å². The van der Waals surface area contributed by atoms with Gasteiger partial charge in [-0.25, -0.2) is 0 Å². The van der Waals surface area contributed by atoms with Crippen molar-refractivity contribution in [1.82, 2.24) is 4.90 Å². The molecule has 0 radical (unpaired) electrons. The minimum absolute atomic E-state index is 0.249. The third-order valence-corrected chi connectivity index (χ3v) is 2.42. The molecular formula is C13H17NO2. The van der Waals surface area contributed by atoms with E-state index in [4.69, 9.17) is 0 Å². The molecule has 16 heavy (non-hydrogen) atoms. The van der Waals surface area contributed by atoms with Gasteiger partial charge in [0.25, 0.3) is 5.91 Å². The van der Waals surface area contributed by atoms with Crippen molar-refractivity contribution in [2.24, 2.45) is 0 Å². The van der Waals surface area contributed by atoms with Gasteiger partial charge < -0.3 is 0 Å². The lowest BCUT2D eigenvalue weighted by molar-refractivity contribution is -0.119. The topological polar surface area (TPSA) is 37.4 Å². The van der Waals surface area contributed by atoms with Crippen LogP contribution in [0.25, 0.3) is 0 Å². The molecule has 0 atom stereocenters. The molecule has 0 aliphatic rings. The van der Waals surface area contributed by atoms with E-state index in [0.29, 0.717) is 12.0 Å². The zero-order valence-corrected chi connectivity index (χ0v) is 10.2. The Labute approximate surface area is 96.1 Å². The van der Waals surface area contributed by atoms with Gasteiger partial charge in [0.15, 0.2) is 0 Å². The number of imide groups is 1. The molecule has 3 nitrogen and oxygen atoms in total. The molecular weight excluding hydrogens is 202 g/mol. The zero-order chi connectivity index (χ0) is 12.3. The molecule has 0 N–H and O–H groups in total. The summed E-state index contributed by atoms with van der Waals surface area (Å²) >= 11 is 0. The molecule has 0 unspecified atom stereocenters.